The number of alkyl carbamates (subject to hydrolysis) is 1. The number of methoxy groups -OCH3 is 1. The zero-order valence-corrected chi connectivity index (χ0v) is 38.3. The number of rotatable bonds is 14. The average Bonchev–Trinajstić information content (AvgIpc) is 3.57. The van der Waals surface area contributed by atoms with E-state index >= 15 is 0 Å². The van der Waals surface area contributed by atoms with Crippen LogP contribution in [-0.2, 0) is 24.9 Å². The van der Waals surface area contributed by atoms with Crippen LogP contribution in [0.1, 0.15) is 59.8 Å². The van der Waals surface area contributed by atoms with Gasteiger partial charge in [0.1, 0.15) is 42.7 Å². The van der Waals surface area contributed by atoms with Gasteiger partial charge in [0, 0.05) is 6.42 Å². The number of benzene rings is 3. The maximum Gasteiger partial charge on any atom is 0.407 e. The Morgan fingerprint density at radius 1 is 0.932 bits per heavy atom. The molecular formula is C44H60N4O9Si2. The first kappa shape index (κ1) is 43.9. The Balaban J connectivity index is 1.23. The van der Waals surface area contributed by atoms with Gasteiger partial charge in [-0.3, -0.25) is 4.57 Å². The minimum Gasteiger partial charge on any atom is -0.497 e. The van der Waals surface area contributed by atoms with E-state index in [1.165, 1.54) is 4.57 Å². The largest absolute Gasteiger partial charge is 0.497 e. The molecular weight excluding hydrogens is 785 g/mol. The molecule has 59 heavy (non-hydrogen) atoms. The number of nitrogens with one attached hydrogen (secondary N) is 2. The molecule has 0 aliphatic carbocycles. The van der Waals surface area contributed by atoms with E-state index in [-0.39, 0.29) is 47.9 Å². The van der Waals surface area contributed by atoms with E-state index in [9.17, 15) is 9.59 Å². The minimum absolute atomic E-state index is 0.0203. The molecule has 15 heteroatoms. The Bertz CT molecular complexity index is 2150. The van der Waals surface area contributed by atoms with Crippen LogP contribution in [0, 0.1) is 0 Å². The first-order valence-electron chi connectivity index (χ1n) is 20.2. The summed E-state index contributed by atoms with van der Waals surface area (Å²) in [5, 5.41) is 6.02. The van der Waals surface area contributed by atoms with Gasteiger partial charge in [0.15, 0.2) is 34.0 Å². The molecule has 2 aliphatic rings. The maximum atomic E-state index is 13.8. The van der Waals surface area contributed by atoms with Gasteiger partial charge in [0.2, 0.25) is 0 Å². The molecule has 3 aromatic carbocycles. The van der Waals surface area contributed by atoms with Crippen molar-refractivity contribution in [3.05, 3.63) is 89.0 Å². The number of carbonyl (C=O) groups excluding carboxylic acids is 1. The molecule has 1 amide bonds. The molecule has 4 aromatic rings. The third kappa shape index (κ3) is 10.4. The molecule has 1 saturated heterocycles. The number of anilines is 2. The number of carbonyl (C=O) groups is 1. The van der Waals surface area contributed by atoms with E-state index in [4.69, 9.17) is 32.5 Å². The van der Waals surface area contributed by atoms with Crippen LogP contribution >= 0.6 is 0 Å². The summed E-state index contributed by atoms with van der Waals surface area (Å²) in [6, 6.07) is 20.9. The van der Waals surface area contributed by atoms with Crippen molar-refractivity contribution in [2.45, 2.75) is 109 Å². The predicted molar refractivity (Wildman–Crippen MR) is 234 cm³/mol. The molecule has 0 spiro atoms. The molecule has 318 valence electrons. The van der Waals surface area contributed by atoms with Gasteiger partial charge < -0.3 is 43.2 Å². The number of fused-ring (bicyclic) bond motifs is 2. The SMILES string of the molecule is COc1ccc(-c2cc(OCCNC(=O)OCc3ccccc3)c3c(c2)Oc2cn([C@H]4C[C@H](O[Si](C)(C)C(C)(C)C)[C@@H](CO[Si](C)(C)C(C)(C)C)O4)c(=O)nc2N3)cc1. The fraction of sp³-hybridized carbons (Fsp3) is 0.477. The average molecular weight is 845 g/mol. The first-order chi connectivity index (χ1) is 27.7. The Labute approximate surface area is 349 Å². The van der Waals surface area contributed by atoms with Crippen LogP contribution in [0.3, 0.4) is 0 Å². The summed E-state index contributed by atoms with van der Waals surface area (Å²) < 4.78 is 45.3. The summed E-state index contributed by atoms with van der Waals surface area (Å²) in [6.07, 6.45) is 0.247. The van der Waals surface area contributed by atoms with Crippen molar-refractivity contribution in [3.8, 4) is 34.1 Å². The smallest absolute Gasteiger partial charge is 0.407 e. The lowest BCUT2D eigenvalue weighted by molar-refractivity contribution is -0.0413. The Morgan fingerprint density at radius 3 is 2.29 bits per heavy atom. The molecule has 13 nitrogen and oxygen atoms in total. The number of aromatic nitrogens is 2. The van der Waals surface area contributed by atoms with E-state index in [2.05, 4.69) is 83.3 Å². The van der Waals surface area contributed by atoms with Crippen LogP contribution in [-0.4, -0.2) is 71.4 Å². The van der Waals surface area contributed by atoms with Crippen molar-refractivity contribution in [1.82, 2.24) is 14.9 Å². The lowest BCUT2D eigenvalue weighted by Crippen LogP contribution is -2.48. The Kier molecular flexibility index (Phi) is 13.0. The van der Waals surface area contributed by atoms with Crippen molar-refractivity contribution in [3.63, 3.8) is 0 Å². The van der Waals surface area contributed by atoms with Crippen molar-refractivity contribution >= 4 is 34.2 Å². The normalized spacial score (nSPS) is 17.9. The van der Waals surface area contributed by atoms with Gasteiger partial charge in [-0.05, 0) is 77.2 Å². The number of hydrogen-bond donors (Lipinski definition) is 2. The zero-order chi connectivity index (χ0) is 42.8. The van der Waals surface area contributed by atoms with E-state index in [1.54, 1.807) is 13.3 Å². The molecule has 2 aliphatic heterocycles. The third-order valence-electron chi connectivity index (χ3n) is 11.9. The molecule has 0 radical (unpaired) electrons. The first-order valence-corrected chi connectivity index (χ1v) is 26.0. The summed E-state index contributed by atoms with van der Waals surface area (Å²) in [5.74, 6) is 2.23. The Morgan fingerprint density at radius 2 is 1.63 bits per heavy atom. The van der Waals surface area contributed by atoms with E-state index in [0.29, 0.717) is 36.0 Å². The van der Waals surface area contributed by atoms with Gasteiger partial charge in [0.05, 0.1) is 32.6 Å². The molecule has 1 aromatic heterocycles. The number of ether oxygens (including phenoxy) is 5. The Hall–Kier alpha value is -4.68. The topological polar surface area (TPSA) is 141 Å². The standard InChI is InChI=1S/C44H60N4O9Si2/c1-43(2,3)58(8,9)54-28-37-33(57-59(10,11)44(4,5)6)25-38(56-37)48-26-36-40(47-41(48)49)46-39-34(52-22-21-45-42(50)53-27-29-15-13-12-14-16-29)23-31(24-35(39)55-36)30-17-19-32(51-7)20-18-30/h12-20,23-24,26,33,37-38H,21-22,25,27-28H2,1-11H3,(H,45,50)(H,46,47,49)/t33-,37+,38+/m0/s1. The highest BCUT2D eigenvalue weighted by molar-refractivity contribution is 6.74. The van der Waals surface area contributed by atoms with Gasteiger partial charge in [-0.25, -0.2) is 9.59 Å². The van der Waals surface area contributed by atoms with Crippen molar-refractivity contribution in [2.75, 3.05) is 32.2 Å². The van der Waals surface area contributed by atoms with E-state index in [0.717, 1.165) is 22.4 Å². The fourth-order valence-electron chi connectivity index (χ4n) is 6.21. The third-order valence-corrected chi connectivity index (χ3v) is 20.9. The molecule has 0 saturated carbocycles. The molecule has 0 bridgehead atoms. The highest BCUT2D eigenvalue weighted by atomic mass is 28.4. The van der Waals surface area contributed by atoms with Crippen LogP contribution < -0.4 is 30.5 Å². The fourth-order valence-corrected chi connectivity index (χ4v) is 8.58. The molecule has 2 N–H and O–H groups in total. The van der Waals surface area contributed by atoms with Gasteiger partial charge in [-0.2, -0.15) is 4.98 Å². The minimum atomic E-state index is -2.22. The predicted octanol–water partition coefficient (Wildman–Crippen LogP) is 9.77. The highest BCUT2D eigenvalue weighted by Crippen LogP contribution is 2.49. The maximum absolute atomic E-state index is 13.8. The lowest BCUT2D eigenvalue weighted by atomic mass is 10.0. The van der Waals surface area contributed by atoms with Crippen LogP contribution in [0.5, 0.6) is 23.0 Å². The molecule has 3 heterocycles. The van der Waals surface area contributed by atoms with Crippen molar-refractivity contribution in [1.29, 1.82) is 0 Å². The lowest BCUT2D eigenvalue weighted by Gasteiger charge is -2.40. The van der Waals surface area contributed by atoms with Crippen molar-refractivity contribution < 1.29 is 37.3 Å². The second-order valence-electron chi connectivity index (χ2n) is 18.1. The monoisotopic (exact) mass is 844 g/mol. The molecule has 3 atom stereocenters. The molecule has 1 fully saturated rings. The molecule has 0 unspecified atom stereocenters. The van der Waals surface area contributed by atoms with Crippen LogP contribution in [0.2, 0.25) is 36.3 Å². The van der Waals surface area contributed by atoms with Gasteiger partial charge in [-0.15, -0.1) is 0 Å². The van der Waals surface area contributed by atoms with Crippen LogP contribution in [0.4, 0.5) is 16.3 Å². The van der Waals surface area contributed by atoms with Gasteiger partial charge >= 0.3 is 11.8 Å². The summed E-state index contributed by atoms with van der Waals surface area (Å²) in [7, 11) is -2.70. The number of amides is 1. The summed E-state index contributed by atoms with van der Waals surface area (Å²) >= 11 is 0. The van der Waals surface area contributed by atoms with Crippen LogP contribution in [0.15, 0.2) is 77.7 Å². The van der Waals surface area contributed by atoms with E-state index < -0.39 is 34.6 Å². The van der Waals surface area contributed by atoms with E-state index in [1.807, 2.05) is 66.7 Å². The molecule has 6 rings (SSSR count). The van der Waals surface area contributed by atoms with Crippen LogP contribution in [0.25, 0.3) is 11.1 Å². The quantitative estimate of drug-likeness (QED) is 0.0816. The number of nitrogens with zero attached hydrogens (tertiary/aromatic N) is 2. The van der Waals surface area contributed by atoms with Crippen molar-refractivity contribution in [2.24, 2.45) is 0 Å². The zero-order valence-electron chi connectivity index (χ0n) is 36.3. The number of hydrogen-bond acceptors (Lipinski definition) is 11. The second kappa shape index (κ2) is 17.5. The van der Waals surface area contributed by atoms with Gasteiger partial charge in [-0.1, -0.05) is 84.0 Å². The second-order valence-corrected chi connectivity index (χ2v) is 27.7. The summed E-state index contributed by atoms with van der Waals surface area (Å²) in [5.41, 5.74) is 2.60. The summed E-state index contributed by atoms with van der Waals surface area (Å²) in [4.78, 5) is 30.7. The van der Waals surface area contributed by atoms with Gasteiger partial charge in [0.25, 0.3) is 0 Å². The summed E-state index contributed by atoms with van der Waals surface area (Å²) in [6.45, 7) is 23.0. The highest BCUT2D eigenvalue weighted by Gasteiger charge is 2.47.